The highest BCUT2D eigenvalue weighted by atomic mass is 16.6. The Balaban J connectivity index is 1.76. The minimum absolute atomic E-state index is 0.00266. The molecule has 2 saturated heterocycles. The molecule has 0 spiro atoms. The largest absolute Gasteiger partial charge is 0.493 e. The van der Waals surface area contributed by atoms with E-state index >= 15 is 0 Å². The third kappa shape index (κ3) is 3.62. The van der Waals surface area contributed by atoms with Crippen LogP contribution in [0.4, 0.5) is 0 Å². The lowest BCUT2D eigenvalue weighted by Gasteiger charge is -2.18. The van der Waals surface area contributed by atoms with Gasteiger partial charge in [-0.1, -0.05) is 6.07 Å². The zero-order valence-electron chi connectivity index (χ0n) is 13.6. The second-order valence-electron chi connectivity index (χ2n) is 6.08. The van der Waals surface area contributed by atoms with Gasteiger partial charge in [-0.3, -0.25) is 9.59 Å². The van der Waals surface area contributed by atoms with Crippen molar-refractivity contribution in [1.82, 2.24) is 4.90 Å². The summed E-state index contributed by atoms with van der Waals surface area (Å²) in [5, 5.41) is 8.88. The van der Waals surface area contributed by atoms with Crippen molar-refractivity contribution in [2.75, 3.05) is 33.4 Å². The number of amides is 1. The Morgan fingerprint density at radius 2 is 2.25 bits per heavy atom. The molecule has 7 heteroatoms. The minimum Gasteiger partial charge on any atom is -0.493 e. The van der Waals surface area contributed by atoms with Gasteiger partial charge in [0, 0.05) is 25.3 Å². The number of methoxy groups -OCH3 is 1. The average Bonchev–Trinajstić information content (AvgIpc) is 3.17. The average molecular weight is 335 g/mol. The van der Waals surface area contributed by atoms with Gasteiger partial charge in [0.1, 0.15) is 12.6 Å². The lowest BCUT2D eigenvalue weighted by atomic mass is 9.98. The minimum atomic E-state index is -0.996. The van der Waals surface area contributed by atoms with E-state index in [9.17, 15) is 9.59 Å². The molecule has 1 aromatic carbocycles. The van der Waals surface area contributed by atoms with Crippen molar-refractivity contribution in [2.24, 2.45) is 0 Å². The molecular weight excluding hydrogens is 314 g/mol. The van der Waals surface area contributed by atoms with Gasteiger partial charge in [0.15, 0.2) is 11.5 Å². The Labute approximate surface area is 140 Å². The maximum absolute atomic E-state index is 12.0. The molecule has 1 amide bonds. The molecule has 130 valence electrons. The molecule has 0 saturated carbocycles. The first kappa shape index (κ1) is 16.6. The SMILES string of the molecule is COc1ccc([C@@H]2CC(=O)N(CC(=O)O)C2)cc1O[C@@H]1CCOC1. The first-order chi connectivity index (χ1) is 11.6. The molecule has 0 aromatic heterocycles. The quantitative estimate of drug-likeness (QED) is 0.842. The monoisotopic (exact) mass is 335 g/mol. The fourth-order valence-corrected chi connectivity index (χ4v) is 3.14. The summed E-state index contributed by atoms with van der Waals surface area (Å²) in [6, 6.07) is 5.61. The Bertz CT molecular complexity index is 626. The summed E-state index contributed by atoms with van der Waals surface area (Å²) in [5.41, 5.74) is 0.950. The summed E-state index contributed by atoms with van der Waals surface area (Å²) in [6.45, 7) is 1.40. The number of carboxylic acid groups (broad SMARTS) is 1. The van der Waals surface area contributed by atoms with Crippen molar-refractivity contribution >= 4 is 11.9 Å². The summed E-state index contributed by atoms with van der Waals surface area (Å²) in [7, 11) is 1.58. The summed E-state index contributed by atoms with van der Waals surface area (Å²) in [4.78, 5) is 24.2. The number of carbonyl (C=O) groups is 2. The van der Waals surface area contributed by atoms with Crippen molar-refractivity contribution in [1.29, 1.82) is 0 Å². The lowest BCUT2D eigenvalue weighted by Crippen LogP contribution is -2.30. The molecule has 1 aromatic rings. The van der Waals surface area contributed by atoms with Crippen LogP contribution in [0.2, 0.25) is 0 Å². The molecule has 2 aliphatic heterocycles. The van der Waals surface area contributed by atoms with E-state index in [1.807, 2.05) is 18.2 Å². The highest BCUT2D eigenvalue weighted by molar-refractivity contribution is 5.84. The van der Waals surface area contributed by atoms with Crippen LogP contribution in [0.3, 0.4) is 0 Å². The molecule has 2 aliphatic rings. The number of hydrogen-bond donors (Lipinski definition) is 1. The van der Waals surface area contributed by atoms with E-state index in [2.05, 4.69) is 0 Å². The van der Waals surface area contributed by atoms with E-state index in [0.29, 0.717) is 37.7 Å². The van der Waals surface area contributed by atoms with Crippen LogP contribution in [0.25, 0.3) is 0 Å². The van der Waals surface area contributed by atoms with Crippen LogP contribution in [0.15, 0.2) is 18.2 Å². The van der Waals surface area contributed by atoms with E-state index < -0.39 is 5.97 Å². The van der Waals surface area contributed by atoms with Gasteiger partial charge in [0.05, 0.1) is 20.3 Å². The second kappa shape index (κ2) is 7.09. The number of hydrogen-bond acceptors (Lipinski definition) is 5. The van der Waals surface area contributed by atoms with Crippen LogP contribution in [0, 0.1) is 0 Å². The zero-order chi connectivity index (χ0) is 17.1. The van der Waals surface area contributed by atoms with Crippen molar-refractivity contribution in [3.63, 3.8) is 0 Å². The smallest absolute Gasteiger partial charge is 0.323 e. The molecule has 0 unspecified atom stereocenters. The van der Waals surface area contributed by atoms with Gasteiger partial charge in [0.2, 0.25) is 5.91 Å². The number of benzene rings is 1. The number of rotatable bonds is 6. The van der Waals surface area contributed by atoms with E-state index in [1.54, 1.807) is 7.11 Å². The molecule has 0 radical (unpaired) electrons. The van der Waals surface area contributed by atoms with E-state index in [1.165, 1.54) is 4.90 Å². The predicted octanol–water partition coefficient (Wildman–Crippen LogP) is 1.26. The first-order valence-electron chi connectivity index (χ1n) is 7.98. The molecule has 2 atom stereocenters. The Kier molecular flexibility index (Phi) is 4.89. The van der Waals surface area contributed by atoms with Gasteiger partial charge in [0.25, 0.3) is 0 Å². The number of carbonyl (C=O) groups excluding carboxylic acids is 1. The Hall–Kier alpha value is -2.28. The Morgan fingerprint density at radius 1 is 1.42 bits per heavy atom. The molecule has 7 nitrogen and oxygen atoms in total. The van der Waals surface area contributed by atoms with E-state index in [-0.39, 0.29) is 24.5 Å². The fourth-order valence-electron chi connectivity index (χ4n) is 3.14. The van der Waals surface area contributed by atoms with Crippen molar-refractivity contribution in [3.05, 3.63) is 23.8 Å². The maximum atomic E-state index is 12.0. The van der Waals surface area contributed by atoms with E-state index in [0.717, 1.165) is 12.0 Å². The fraction of sp³-hybridized carbons (Fsp3) is 0.529. The van der Waals surface area contributed by atoms with E-state index in [4.69, 9.17) is 19.3 Å². The number of carboxylic acids is 1. The molecular formula is C17H21NO6. The van der Waals surface area contributed by atoms with Crippen LogP contribution in [0.1, 0.15) is 24.3 Å². The van der Waals surface area contributed by atoms with Gasteiger partial charge >= 0.3 is 5.97 Å². The highest BCUT2D eigenvalue weighted by Crippen LogP contribution is 2.35. The highest BCUT2D eigenvalue weighted by Gasteiger charge is 2.32. The number of nitrogens with zero attached hydrogens (tertiary/aromatic N) is 1. The topological polar surface area (TPSA) is 85.3 Å². The summed E-state index contributed by atoms with van der Waals surface area (Å²) < 4.78 is 16.6. The van der Waals surface area contributed by atoms with Crippen LogP contribution in [-0.4, -0.2) is 61.4 Å². The molecule has 2 heterocycles. The summed E-state index contributed by atoms with van der Waals surface area (Å²) >= 11 is 0. The standard InChI is InChI=1S/C17H21NO6/c1-22-14-3-2-11(6-15(14)24-13-4-5-23-10-13)12-7-16(19)18(8-12)9-17(20)21/h2-3,6,12-13H,4-5,7-10H2,1H3,(H,20,21)/t12-,13-/m1/s1. The molecule has 3 rings (SSSR count). The number of aliphatic carboxylic acids is 1. The van der Waals surface area contributed by atoms with Gasteiger partial charge in [-0.15, -0.1) is 0 Å². The number of ether oxygens (including phenoxy) is 3. The van der Waals surface area contributed by atoms with Crippen LogP contribution >= 0.6 is 0 Å². The predicted molar refractivity (Wildman–Crippen MR) is 84.4 cm³/mol. The summed E-state index contributed by atoms with van der Waals surface area (Å²) in [5.74, 6) is 0.103. The lowest BCUT2D eigenvalue weighted by molar-refractivity contribution is -0.142. The molecule has 1 N–H and O–H groups in total. The molecule has 0 aliphatic carbocycles. The maximum Gasteiger partial charge on any atom is 0.323 e. The first-order valence-corrected chi connectivity index (χ1v) is 7.98. The van der Waals surface area contributed by atoms with Crippen LogP contribution < -0.4 is 9.47 Å². The third-order valence-electron chi connectivity index (χ3n) is 4.38. The van der Waals surface area contributed by atoms with Crippen molar-refractivity contribution in [3.8, 4) is 11.5 Å². The number of likely N-dealkylation sites (tertiary alicyclic amines) is 1. The van der Waals surface area contributed by atoms with Gasteiger partial charge in [-0.2, -0.15) is 0 Å². The second-order valence-corrected chi connectivity index (χ2v) is 6.08. The normalized spacial score (nSPS) is 23.5. The summed E-state index contributed by atoms with van der Waals surface area (Å²) in [6.07, 6.45) is 1.15. The van der Waals surface area contributed by atoms with Gasteiger partial charge in [-0.25, -0.2) is 0 Å². The van der Waals surface area contributed by atoms with Crippen LogP contribution in [-0.2, 0) is 14.3 Å². The van der Waals surface area contributed by atoms with Crippen LogP contribution in [0.5, 0.6) is 11.5 Å². The van der Waals surface area contributed by atoms with Crippen molar-refractivity contribution < 1.29 is 28.9 Å². The molecule has 0 bridgehead atoms. The Morgan fingerprint density at radius 3 is 2.92 bits per heavy atom. The van der Waals surface area contributed by atoms with Gasteiger partial charge in [-0.05, 0) is 17.7 Å². The van der Waals surface area contributed by atoms with Gasteiger partial charge < -0.3 is 24.2 Å². The van der Waals surface area contributed by atoms with Crippen molar-refractivity contribution in [2.45, 2.75) is 24.9 Å². The zero-order valence-corrected chi connectivity index (χ0v) is 13.6. The molecule has 24 heavy (non-hydrogen) atoms. The molecule has 2 fully saturated rings. The third-order valence-corrected chi connectivity index (χ3v) is 4.38.